The molecule has 1 N–H and O–H groups in total. The Labute approximate surface area is 126 Å². The fourth-order valence-corrected chi connectivity index (χ4v) is 2.78. The van der Waals surface area contributed by atoms with Crippen LogP contribution in [-0.4, -0.2) is 44.7 Å². The summed E-state index contributed by atoms with van der Waals surface area (Å²) in [5.41, 5.74) is 0. The lowest BCUT2D eigenvalue weighted by atomic mass is 10.2. The normalized spacial score (nSPS) is 17.3. The first-order chi connectivity index (χ1) is 10.1. The van der Waals surface area contributed by atoms with Gasteiger partial charge < -0.3 is 9.88 Å². The maximum Gasteiger partial charge on any atom is 0.237 e. The van der Waals surface area contributed by atoms with E-state index in [1.807, 2.05) is 18.9 Å². The number of nitrogens with zero attached hydrogens (tertiary/aromatic N) is 4. The van der Waals surface area contributed by atoms with E-state index < -0.39 is 0 Å². The van der Waals surface area contributed by atoms with Gasteiger partial charge in [0.1, 0.15) is 12.2 Å². The van der Waals surface area contributed by atoms with E-state index in [1.54, 1.807) is 6.33 Å². The van der Waals surface area contributed by atoms with Crippen LogP contribution in [0.3, 0.4) is 0 Å². The standard InChI is InChI=1S/C15H27N5O/c1-4-9-20-11-16-18-14(20)10-19(3)12(2)15(21)17-13-7-5-6-8-13/h11-13H,4-10H2,1-3H3,(H,17,21)/t12-/m1/s1. The Hall–Kier alpha value is -1.43. The number of hydrogen-bond donors (Lipinski definition) is 1. The Morgan fingerprint density at radius 2 is 2.24 bits per heavy atom. The van der Waals surface area contributed by atoms with Crippen LogP contribution < -0.4 is 5.32 Å². The number of carbonyl (C=O) groups excluding carboxylic acids is 1. The minimum atomic E-state index is -0.155. The second-order valence-corrected chi connectivity index (χ2v) is 6.02. The highest BCUT2D eigenvalue weighted by atomic mass is 16.2. The molecule has 1 amide bonds. The second-order valence-electron chi connectivity index (χ2n) is 6.02. The molecule has 6 heteroatoms. The van der Waals surface area contributed by atoms with Crippen molar-refractivity contribution in [2.45, 2.75) is 71.1 Å². The van der Waals surface area contributed by atoms with Crippen molar-refractivity contribution < 1.29 is 4.79 Å². The van der Waals surface area contributed by atoms with Gasteiger partial charge in [0.25, 0.3) is 0 Å². The van der Waals surface area contributed by atoms with Crippen molar-refractivity contribution in [1.82, 2.24) is 25.0 Å². The zero-order chi connectivity index (χ0) is 15.2. The molecule has 0 aliphatic heterocycles. The zero-order valence-electron chi connectivity index (χ0n) is 13.4. The summed E-state index contributed by atoms with van der Waals surface area (Å²) < 4.78 is 2.05. The predicted molar refractivity (Wildman–Crippen MR) is 81.6 cm³/mol. The van der Waals surface area contributed by atoms with Crippen LogP contribution in [-0.2, 0) is 17.9 Å². The van der Waals surface area contributed by atoms with Crippen LogP contribution in [0.15, 0.2) is 6.33 Å². The van der Waals surface area contributed by atoms with Gasteiger partial charge in [-0.3, -0.25) is 9.69 Å². The van der Waals surface area contributed by atoms with Crippen molar-refractivity contribution in [1.29, 1.82) is 0 Å². The number of amides is 1. The molecule has 0 spiro atoms. The molecule has 1 fully saturated rings. The Kier molecular flexibility index (Phi) is 5.73. The van der Waals surface area contributed by atoms with Gasteiger partial charge in [-0.25, -0.2) is 0 Å². The van der Waals surface area contributed by atoms with Crippen molar-refractivity contribution in [2.24, 2.45) is 0 Å². The van der Waals surface area contributed by atoms with E-state index in [0.29, 0.717) is 12.6 Å². The highest BCUT2D eigenvalue weighted by Crippen LogP contribution is 2.18. The molecule has 1 aliphatic rings. The minimum Gasteiger partial charge on any atom is -0.352 e. The number of carbonyl (C=O) groups is 1. The largest absolute Gasteiger partial charge is 0.352 e. The molecule has 0 aromatic carbocycles. The molecule has 6 nitrogen and oxygen atoms in total. The molecule has 21 heavy (non-hydrogen) atoms. The van der Waals surface area contributed by atoms with Gasteiger partial charge in [-0.2, -0.15) is 0 Å². The number of aryl methyl sites for hydroxylation is 1. The first-order valence-electron chi connectivity index (χ1n) is 7.99. The van der Waals surface area contributed by atoms with Gasteiger partial charge in [0.2, 0.25) is 5.91 Å². The van der Waals surface area contributed by atoms with E-state index in [9.17, 15) is 4.79 Å². The third-order valence-electron chi connectivity index (χ3n) is 4.29. The van der Waals surface area contributed by atoms with E-state index in [-0.39, 0.29) is 11.9 Å². The molecule has 1 aliphatic carbocycles. The van der Waals surface area contributed by atoms with Crippen molar-refractivity contribution in [3.05, 3.63) is 12.2 Å². The summed E-state index contributed by atoms with van der Waals surface area (Å²) in [7, 11) is 1.96. The molecule has 0 unspecified atom stereocenters. The second kappa shape index (κ2) is 7.54. The summed E-state index contributed by atoms with van der Waals surface area (Å²) in [6, 6.07) is 0.217. The van der Waals surface area contributed by atoms with E-state index in [4.69, 9.17) is 0 Å². The van der Waals surface area contributed by atoms with E-state index in [2.05, 4.69) is 27.0 Å². The molecule has 0 bridgehead atoms. The summed E-state index contributed by atoms with van der Waals surface area (Å²) in [5.74, 6) is 1.03. The zero-order valence-corrected chi connectivity index (χ0v) is 13.4. The van der Waals surface area contributed by atoms with Crippen LogP contribution in [0, 0.1) is 0 Å². The molecule has 1 aromatic rings. The van der Waals surface area contributed by atoms with Crippen molar-refractivity contribution >= 4 is 5.91 Å². The summed E-state index contributed by atoms with van der Waals surface area (Å²) in [5, 5.41) is 11.3. The fraction of sp³-hybridized carbons (Fsp3) is 0.800. The summed E-state index contributed by atoms with van der Waals surface area (Å²) in [6.45, 7) is 5.63. The topological polar surface area (TPSA) is 63.1 Å². The van der Waals surface area contributed by atoms with Gasteiger partial charge in [0, 0.05) is 12.6 Å². The Balaban J connectivity index is 1.87. The van der Waals surface area contributed by atoms with Crippen molar-refractivity contribution in [2.75, 3.05) is 7.05 Å². The van der Waals surface area contributed by atoms with E-state index in [1.165, 1.54) is 12.8 Å². The third kappa shape index (κ3) is 4.27. The smallest absolute Gasteiger partial charge is 0.237 e. The first kappa shape index (κ1) is 15.9. The Bertz CT molecular complexity index is 453. The van der Waals surface area contributed by atoms with Crippen molar-refractivity contribution in [3.8, 4) is 0 Å². The lowest BCUT2D eigenvalue weighted by Gasteiger charge is -2.25. The number of aromatic nitrogens is 3. The maximum absolute atomic E-state index is 12.3. The third-order valence-corrected chi connectivity index (χ3v) is 4.29. The molecule has 2 rings (SSSR count). The molecule has 0 radical (unpaired) electrons. The summed E-state index contributed by atoms with van der Waals surface area (Å²) >= 11 is 0. The lowest BCUT2D eigenvalue weighted by molar-refractivity contribution is -0.126. The summed E-state index contributed by atoms with van der Waals surface area (Å²) in [4.78, 5) is 14.3. The summed E-state index contributed by atoms with van der Waals surface area (Å²) in [6.07, 6.45) is 7.51. The Morgan fingerprint density at radius 3 is 2.90 bits per heavy atom. The van der Waals surface area contributed by atoms with Crippen LogP contribution in [0.1, 0.15) is 51.8 Å². The molecule has 1 saturated carbocycles. The van der Waals surface area contributed by atoms with Gasteiger partial charge >= 0.3 is 0 Å². The highest BCUT2D eigenvalue weighted by molar-refractivity contribution is 5.81. The van der Waals surface area contributed by atoms with Crippen LogP contribution in [0.5, 0.6) is 0 Å². The van der Waals surface area contributed by atoms with Crippen molar-refractivity contribution in [3.63, 3.8) is 0 Å². The fourth-order valence-electron chi connectivity index (χ4n) is 2.78. The van der Waals surface area contributed by atoms with Crippen LogP contribution in [0.2, 0.25) is 0 Å². The molecular formula is C15H27N5O. The van der Waals surface area contributed by atoms with E-state index in [0.717, 1.165) is 31.6 Å². The number of likely N-dealkylation sites (N-methyl/N-ethyl adjacent to an activating group) is 1. The number of hydrogen-bond acceptors (Lipinski definition) is 4. The number of nitrogens with one attached hydrogen (secondary N) is 1. The number of rotatable bonds is 7. The highest BCUT2D eigenvalue weighted by Gasteiger charge is 2.23. The average Bonchev–Trinajstić information content (AvgIpc) is 3.11. The van der Waals surface area contributed by atoms with Crippen LogP contribution >= 0.6 is 0 Å². The van der Waals surface area contributed by atoms with Crippen LogP contribution in [0.25, 0.3) is 0 Å². The molecule has 1 atom stereocenters. The lowest BCUT2D eigenvalue weighted by Crippen LogP contribution is -2.46. The van der Waals surface area contributed by atoms with Gasteiger partial charge in [-0.15, -0.1) is 10.2 Å². The van der Waals surface area contributed by atoms with Crippen LogP contribution in [0.4, 0.5) is 0 Å². The maximum atomic E-state index is 12.3. The quantitative estimate of drug-likeness (QED) is 0.829. The molecule has 118 valence electrons. The van der Waals surface area contributed by atoms with Gasteiger partial charge in [0.15, 0.2) is 0 Å². The molecule has 0 saturated heterocycles. The monoisotopic (exact) mass is 293 g/mol. The van der Waals surface area contributed by atoms with Gasteiger partial charge in [0.05, 0.1) is 12.6 Å². The first-order valence-corrected chi connectivity index (χ1v) is 7.99. The molecule has 1 aromatic heterocycles. The predicted octanol–water partition coefficient (Wildman–Crippen LogP) is 1.57. The average molecular weight is 293 g/mol. The minimum absolute atomic E-state index is 0.117. The van der Waals surface area contributed by atoms with E-state index >= 15 is 0 Å². The van der Waals surface area contributed by atoms with Gasteiger partial charge in [-0.1, -0.05) is 19.8 Å². The SMILES string of the molecule is CCCn1cnnc1CN(C)[C@H](C)C(=O)NC1CCCC1. The molecule has 1 heterocycles. The Morgan fingerprint density at radius 1 is 1.52 bits per heavy atom. The van der Waals surface area contributed by atoms with Gasteiger partial charge in [-0.05, 0) is 33.2 Å². The molecular weight excluding hydrogens is 266 g/mol.